The number of non-ortho nitro benzene ring substituents is 1. The summed E-state index contributed by atoms with van der Waals surface area (Å²) in [5.41, 5.74) is -2.73. The van der Waals surface area contributed by atoms with Crippen LogP contribution in [0.4, 0.5) is 25.8 Å². The van der Waals surface area contributed by atoms with Crippen LogP contribution >= 0.6 is 11.6 Å². The zero-order valence-corrected chi connectivity index (χ0v) is 18.0. The molecule has 2 aromatic carbocycles. The fourth-order valence-corrected chi connectivity index (χ4v) is 4.14. The number of alkyl halides is 3. The van der Waals surface area contributed by atoms with Gasteiger partial charge in [-0.25, -0.2) is 4.90 Å². The Morgan fingerprint density at radius 1 is 0.970 bits per heavy atom. The van der Waals surface area contributed by atoms with Crippen molar-refractivity contribution in [1.82, 2.24) is 4.90 Å². The van der Waals surface area contributed by atoms with Gasteiger partial charge >= 0.3 is 5.57 Å². The summed E-state index contributed by atoms with van der Waals surface area (Å²) in [5, 5.41) is 10.8. The number of halogens is 3. The van der Waals surface area contributed by atoms with E-state index >= 15 is 0 Å². The van der Waals surface area contributed by atoms with Gasteiger partial charge in [-0.3, -0.25) is 24.6 Å². The minimum absolute atomic E-state index is 0.0171. The third-order valence-corrected chi connectivity index (χ3v) is 5.71. The van der Waals surface area contributed by atoms with Gasteiger partial charge in [-0.2, -0.15) is 0 Å². The second-order valence-electron chi connectivity index (χ2n) is 7.63. The van der Waals surface area contributed by atoms with Crippen molar-refractivity contribution in [3.8, 4) is 5.75 Å². The molecular weight excluding hydrogens is 462 g/mol. The average Bonchev–Trinajstić information content (AvgIpc) is 3.07. The first-order valence-corrected chi connectivity index (χ1v) is 10.5. The standard InChI is InChI=1S/C21H19ClF2N4O5/c22-21(23,24)33-17-7-5-15(6-8-17)27-19(29)13-18(20(27)30)26-11-9-25(10-12-26)14-1-3-16(4-2-14)28(31)32/h1-8,18H,9-13H2. The lowest BCUT2D eigenvalue weighted by molar-refractivity contribution is -0.384. The number of ether oxygens (including phenoxy) is 1. The number of hydrogen-bond acceptors (Lipinski definition) is 7. The van der Waals surface area contributed by atoms with Crippen LogP contribution in [0.2, 0.25) is 0 Å². The predicted octanol–water partition coefficient (Wildman–Crippen LogP) is 3.22. The number of nitro groups is 1. The minimum Gasteiger partial charge on any atom is -0.420 e. The number of anilines is 2. The Kier molecular flexibility index (Phi) is 6.17. The highest BCUT2D eigenvalue weighted by Gasteiger charge is 2.43. The van der Waals surface area contributed by atoms with Crippen molar-refractivity contribution in [3.05, 3.63) is 58.6 Å². The maximum absolute atomic E-state index is 13.0. The van der Waals surface area contributed by atoms with Gasteiger partial charge in [-0.15, -0.1) is 8.78 Å². The van der Waals surface area contributed by atoms with E-state index in [-0.39, 0.29) is 35.4 Å². The van der Waals surface area contributed by atoms with Gasteiger partial charge < -0.3 is 9.64 Å². The third-order valence-electron chi connectivity index (χ3n) is 5.63. The van der Waals surface area contributed by atoms with E-state index in [2.05, 4.69) is 9.64 Å². The molecule has 1 unspecified atom stereocenters. The first-order chi connectivity index (χ1) is 15.6. The summed E-state index contributed by atoms with van der Waals surface area (Å²) in [6.45, 7) is 2.25. The van der Waals surface area contributed by atoms with Gasteiger partial charge in [0.25, 0.3) is 11.6 Å². The van der Waals surface area contributed by atoms with Gasteiger partial charge in [0.05, 0.1) is 23.1 Å². The maximum atomic E-state index is 13.0. The molecule has 2 aromatic rings. The van der Waals surface area contributed by atoms with E-state index in [0.717, 1.165) is 10.6 Å². The molecule has 2 amide bonds. The van der Waals surface area contributed by atoms with E-state index < -0.39 is 16.5 Å². The van der Waals surface area contributed by atoms with E-state index in [4.69, 9.17) is 11.6 Å². The first-order valence-electron chi connectivity index (χ1n) is 10.1. The van der Waals surface area contributed by atoms with Gasteiger partial charge in [-0.05, 0) is 36.4 Å². The van der Waals surface area contributed by atoms with E-state index in [1.54, 1.807) is 12.1 Å². The molecule has 2 aliphatic rings. The zero-order chi connectivity index (χ0) is 23.8. The number of benzene rings is 2. The molecule has 0 N–H and O–H groups in total. The topological polar surface area (TPSA) is 96.2 Å². The smallest absolute Gasteiger partial charge is 0.420 e. The molecule has 2 fully saturated rings. The second-order valence-corrected chi connectivity index (χ2v) is 8.07. The largest absolute Gasteiger partial charge is 0.487 e. The number of nitrogens with zero attached hydrogens (tertiary/aromatic N) is 4. The minimum atomic E-state index is -3.86. The van der Waals surface area contributed by atoms with Gasteiger partial charge in [0.1, 0.15) is 5.75 Å². The third kappa shape index (κ3) is 5.04. The molecule has 2 heterocycles. The Morgan fingerprint density at radius 2 is 1.55 bits per heavy atom. The fourth-order valence-electron chi connectivity index (χ4n) is 4.05. The molecule has 0 aromatic heterocycles. The van der Waals surface area contributed by atoms with Crippen LogP contribution in [0, 0.1) is 10.1 Å². The highest BCUT2D eigenvalue weighted by atomic mass is 35.5. The van der Waals surface area contributed by atoms with E-state index in [1.807, 2.05) is 4.90 Å². The van der Waals surface area contributed by atoms with Crippen LogP contribution in [-0.4, -0.2) is 59.4 Å². The molecule has 33 heavy (non-hydrogen) atoms. The number of rotatable bonds is 6. The molecule has 0 aliphatic carbocycles. The molecule has 9 nitrogen and oxygen atoms in total. The molecule has 4 rings (SSSR count). The maximum Gasteiger partial charge on any atom is 0.487 e. The van der Waals surface area contributed by atoms with Gasteiger partial charge in [0.2, 0.25) is 5.91 Å². The number of carbonyl (C=O) groups is 2. The molecule has 0 radical (unpaired) electrons. The van der Waals surface area contributed by atoms with Crippen LogP contribution in [0.25, 0.3) is 0 Å². The predicted molar refractivity (Wildman–Crippen MR) is 116 cm³/mol. The quantitative estimate of drug-likeness (QED) is 0.271. The summed E-state index contributed by atoms with van der Waals surface area (Å²) < 4.78 is 29.8. The summed E-state index contributed by atoms with van der Waals surface area (Å²) in [5.74, 6) is -0.948. The van der Waals surface area contributed by atoms with E-state index in [1.165, 1.54) is 36.4 Å². The summed E-state index contributed by atoms with van der Waals surface area (Å²) in [6.07, 6.45) is 0.0222. The van der Waals surface area contributed by atoms with Crippen LogP contribution in [0.5, 0.6) is 5.75 Å². The number of piperazine rings is 1. The number of carbonyl (C=O) groups excluding carboxylic acids is 2. The Labute approximate surface area is 192 Å². The second kappa shape index (κ2) is 8.91. The van der Waals surface area contributed by atoms with E-state index in [0.29, 0.717) is 26.2 Å². The van der Waals surface area contributed by atoms with Crippen LogP contribution in [0.15, 0.2) is 48.5 Å². The number of nitro benzene ring substituents is 1. The molecule has 0 spiro atoms. The number of hydrogen-bond donors (Lipinski definition) is 0. The van der Waals surface area contributed by atoms with Gasteiger partial charge in [0.15, 0.2) is 0 Å². The van der Waals surface area contributed by atoms with Crippen LogP contribution in [-0.2, 0) is 9.59 Å². The summed E-state index contributed by atoms with van der Waals surface area (Å²) in [7, 11) is 0. The van der Waals surface area contributed by atoms with Crippen LogP contribution < -0.4 is 14.5 Å². The van der Waals surface area contributed by atoms with Crippen LogP contribution in [0.1, 0.15) is 6.42 Å². The lowest BCUT2D eigenvalue weighted by atomic mass is 10.1. The average molecular weight is 481 g/mol. The molecule has 0 bridgehead atoms. The van der Waals surface area contributed by atoms with Crippen molar-refractivity contribution in [3.63, 3.8) is 0 Å². The summed E-state index contributed by atoms with van der Waals surface area (Å²) >= 11 is 4.74. The molecule has 2 aliphatic heterocycles. The first kappa shape index (κ1) is 22.9. The Hall–Kier alpha value is -3.31. The van der Waals surface area contributed by atoms with Crippen molar-refractivity contribution < 1.29 is 28.0 Å². The molecule has 2 saturated heterocycles. The Morgan fingerprint density at radius 3 is 2.09 bits per heavy atom. The van der Waals surface area contributed by atoms with Crippen molar-refractivity contribution in [2.45, 2.75) is 18.0 Å². The van der Waals surface area contributed by atoms with Crippen molar-refractivity contribution >= 4 is 40.5 Å². The highest BCUT2D eigenvalue weighted by Crippen LogP contribution is 2.31. The molecule has 174 valence electrons. The van der Waals surface area contributed by atoms with Gasteiger partial charge in [0, 0.05) is 55.6 Å². The van der Waals surface area contributed by atoms with Crippen molar-refractivity contribution in [2.75, 3.05) is 36.0 Å². The highest BCUT2D eigenvalue weighted by molar-refractivity contribution is 6.22. The summed E-state index contributed by atoms with van der Waals surface area (Å²) in [4.78, 5) is 41.0. The Bertz CT molecular complexity index is 1050. The normalized spacial score (nSPS) is 19.8. The number of amides is 2. The fraction of sp³-hybridized carbons (Fsp3) is 0.333. The monoisotopic (exact) mass is 480 g/mol. The van der Waals surface area contributed by atoms with E-state index in [9.17, 15) is 28.5 Å². The van der Waals surface area contributed by atoms with Gasteiger partial charge in [-0.1, -0.05) is 0 Å². The molecule has 1 atom stereocenters. The van der Waals surface area contributed by atoms with Crippen molar-refractivity contribution in [2.24, 2.45) is 0 Å². The van der Waals surface area contributed by atoms with Crippen LogP contribution in [0.3, 0.4) is 0 Å². The lowest BCUT2D eigenvalue weighted by Crippen LogP contribution is -2.52. The molecular formula is C21H19ClF2N4O5. The lowest BCUT2D eigenvalue weighted by Gasteiger charge is -2.38. The molecule has 12 heteroatoms. The zero-order valence-electron chi connectivity index (χ0n) is 17.2. The number of imide groups is 1. The SMILES string of the molecule is O=C1CC(N2CCN(c3ccc([N+](=O)[O-])cc3)CC2)C(=O)N1c1ccc(OC(F)(F)Cl)cc1. The van der Waals surface area contributed by atoms with Crippen molar-refractivity contribution in [1.29, 1.82) is 0 Å². The summed E-state index contributed by atoms with van der Waals surface area (Å²) in [6, 6.07) is 10.8. The Balaban J connectivity index is 1.38. The molecule has 0 saturated carbocycles.